The van der Waals surface area contributed by atoms with Gasteiger partial charge < -0.3 is 14.4 Å². The summed E-state index contributed by atoms with van der Waals surface area (Å²) in [6.45, 7) is 4.56. The summed E-state index contributed by atoms with van der Waals surface area (Å²) in [5, 5.41) is 0. The van der Waals surface area contributed by atoms with Gasteiger partial charge in [-0.25, -0.2) is 4.98 Å². The molecular weight excluding hydrogens is 284 g/mol. The quantitative estimate of drug-likeness (QED) is 0.716. The van der Waals surface area contributed by atoms with Crippen LogP contribution in [-0.2, 0) is 9.47 Å². The van der Waals surface area contributed by atoms with Crippen LogP contribution in [0.5, 0.6) is 0 Å². The average molecular weight is 306 g/mol. The smallest absolute Gasteiger partial charge is 0.274 e. The third-order valence-electron chi connectivity index (χ3n) is 4.29. The fourth-order valence-electron chi connectivity index (χ4n) is 3.17. The van der Waals surface area contributed by atoms with Gasteiger partial charge >= 0.3 is 0 Å². The Morgan fingerprint density at radius 2 is 2.23 bits per heavy atom. The van der Waals surface area contributed by atoms with Crippen LogP contribution in [0.3, 0.4) is 0 Å². The number of hydrogen-bond acceptors (Lipinski definition) is 6. The van der Waals surface area contributed by atoms with Crippen LogP contribution in [0.25, 0.3) is 0 Å². The Kier molecular flexibility index (Phi) is 4.97. The molecule has 120 valence electrons. The summed E-state index contributed by atoms with van der Waals surface area (Å²) in [4.78, 5) is 24.8. The largest absolute Gasteiger partial charge is 0.382 e. The van der Waals surface area contributed by atoms with Crippen LogP contribution >= 0.6 is 0 Å². The lowest BCUT2D eigenvalue weighted by Gasteiger charge is -2.37. The summed E-state index contributed by atoms with van der Waals surface area (Å²) in [6, 6.07) is 0.377. The highest BCUT2D eigenvalue weighted by molar-refractivity contribution is 5.92. The number of piperazine rings is 1. The zero-order chi connectivity index (χ0) is 15.4. The van der Waals surface area contributed by atoms with Gasteiger partial charge in [-0.15, -0.1) is 0 Å². The second-order valence-electron chi connectivity index (χ2n) is 5.71. The molecule has 2 saturated heterocycles. The van der Waals surface area contributed by atoms with E-state index in [0.29, 0.717) is 24.9 Å². The van der Waals surface area contributed by atoms with Crippen LogP contribution in [0.15, 0.2) is 18.6 Å². The highest BCUT2D eigenvalue weighted by atomic mass is 16.5. The van der Waals surface area contributed by atoms with Crippen molar-refractivity contribution >= 4 is 5.91 Å². The molecule has 2 aliphatic heterocycles. The molecule has 3 heterocycles. The second kappa shape index (κ2) is 7.13. The number of aromatic nitrogens is 2. The molecule has 1 aromatic rings. The van der Waals surface area contributed by atoms with Gasteiger partial charge in [0, 0.05) is 51.7 Å². The molecular formula is C15H22N4O3. The monoisotopic (exact) mass is 306 g/mol. The lowest BCUT2D eigenvalue weighted by atomic mass is 10.1. The fourth-order valence-corrected chi connectivity index (χ4v) is 3.17. The maximum atomic E-state index is 12.4. The molecule has 7 heteroatoms. The van der Waals surface area contributed by atoms with Crippen molar-refractivity contribution in [2.75, 3.05) is 46.5 Å². The molecule has 2 atom stereocenters. The molecule has 0 aliphatic carbocycles. The minimum atomic E-state index is -0.0310. The van der Waals surface area contributed by atoms with Gasteiger partial charge in [0.05, 0.1) is 25.5 Å². The molecule has 0 unspecified atom stereocenters. The standard InChI is InChI=1S/C15H22N4O3/c1-21-6-7-22-13-8-12-10-19(5-4-18(12)11-13)15(20)14-9-16-2-3-17-14/h2-3,9,12-13H,4-8,10-11H2,1H3/t12-,13+/m0/s1. The van der Waals surface area contributed by atoms with Crippen LogP contribution < -0.4 is 0 Å². The van der Waals surface area contributed by atoms with E-state index in [1.165, 1.54) is 6.20 Å². The van der Waals surface area contributed by atoms with Crippen molar-refractivity contribution in [1.82, 2.24) is 19.8 Å². The van der Waals surface area contributed by atoms with E-state index in [1.54, 1.807) is 19.5 Å². The minimum Gasteiger partial charge on any atom is -0.382 e. The number of rotatable bonds is 5. The van der Waals surface area contributed by atoms with Gasteiger partial charge in [0.25, 0.3) is 5.91 Å². The first-order valence-corrected chi connectivity index (χ1v) is 7.68. The molecule has 2 aliphatic rings. The first-order valence-electron chi connectivity index (χ1n) is 7.68. The number of carbonyl (C=O) groups is 1. The molecule has 0 N–H and O–H groups in total. The minimum absolute atomic E-state index is 0.0310. The lowest BCUT2D eigenvalue weighted by molar-refractivity contribution is 0.0220. The van der Waals surface area contributed by atoms with E-state index < -0.39 is 0 Å². The number of fused-ring (bicyclic) bond motifs is 1. The van der Waals surface area contributed by atoms with Gasteiger partial charge in [-0.05, 0) is 6.42 Å². The van der Waals surface area contributed by atoms with Gasteiger partial charge in [0.2, 0.25) is 0 Å². The van der Waals surface area contributed by atoms with E-state index in [-0.39, 0.29) is 12.0 Å². The van der Waals surface area contributed by atoms with Crippen molar-refractivity contribution in [3.8, 4) is 0 Å². The number of ether oxygens (including phenoxy) is 2. The van der Waals surface area contributed by atoms with Gasteiger partial charge in [0.1, 0.15) is 5.69 Å². The normalized spacial score (nSPS) is 25.2. The van der Waals surface area contributed by atoms with Crippen LogP contribution in [0.2, 0.25) is 0 Å². The SMILES string of the molecule is COCCO[C@@H]1C[C@H]2CN(C(=O)c3cnccn3)CCN2C1. The van der Waals surface area contributed by atoms with Crippen LogP contribution in [0, 0.1) is 0 Å². The van der Waals surface area contributed by atoms with Gasteiger partial charge in [-0.3, -0.25) is 14.7 Å². The van der Waals surface area contributed by atoms with Crippen molar-refractivity contribution in [1.29, 1.82) is 0 Å². The Balaban J connectivity index is 1.54. The molecule has 2 fully saturated rings. The number of methoxy groups -OCH3 is 1. The molecule has 0 bridgehead atoms. The topological polar surface area (TPSA) is 67.8 Å². The van der Waals surface area contributed by atoms with E-state index in [4.69, 9.17) is 9.47 Å². The summed E-state index contributed by atoms with van der Waals surface area (Å²) in [5.74, 6) is -0.0310. The summed E-state index contributed by atoms with van der Waals surface area (Å²) in [7, 11) is 1.68. The number of amides is 1. The van der Waals surface area contributed by atoms with Crippen molar-refractivity contribution in [3.05, 3.63) is 24.3 Å². The lowest BCUT2D eigenvalue weighted by Crippen LogP contribution is -2.52. The Labute approximate surface area is 130 Å². The third-order valence-corrected chi connectivity index (χ3v) is 4.29. The number of carbonyl (C=O) groups excluding carboxylic acids is 1. The molecule has 3 rings (SSSR count). The summed E-state index contributed by atoms with van der Waals surface area (Å²) in [5.41, 5.74) is 0.418. The van der Waals surface area contributed by atoms with Gasteiger partial charge in [-0.1, -0.05) is 0 Å². The maximum absolute atomic E-state index is 12.4. The zero-order valence-electron chi connectivity index (χ0n) is 12.9. The maximum Gasteiger partial charge on any atom is 0.274 e. The molecule has 0 aromatic carbocycles. The molecule has 22 heavy (non-hydrogen) atoms. The molecule has 1 amide bonds. The Morgan fingerprint density at radius 1 is 1.32 bits per heavy atom. The first-order chi connectivity index (χ1) is 10.8. The molecule has 0 saturated carbocycles. The van der Waals surface area contributed by atoms with E-state index in [9.17, 15) is 4.79 Å². The van der Waals surface area contributed by atoms with E-state index in [0.717, 1.165) is 32.6 Å². The predicted octanol–water partition coefficient (Wildman–Crippen LogP) is 0.0383. The molecule has 1 aromatic heterocycles. The zero-order valence-corrected chi connectivity index (χ0v) is 12.9. The van der Waals surface area contributed by atoms with E-state index in [2.05, 4.69) is 14.9 Å². The Morgan fingerprint density at radius 3 is 3.00 bits per heavy atom. The average Bonchev–Trinajstić information content (AvgIpc) is 2.97. The Bertz CT molecular complexity index is 499. The summed E-state index contributed by atoms with van der Waals surface area (Å²) in [6.07, 6.45) is 5.87. The van der Waals surface area contributed by atoms with E-state index in [1.807, 2.05) is 4.90 Å². The third kappa shape index (κ3) is 3.43. The predicted molar refractivity (Wildman–Crippen MR) is 79.5 cm³/mol. The second-order valence-corrected chi connectivity index (χ2v) is 5.71. The van der Waals surface area contributed by atoms with Crippen LogP contribution in [-0.4, -0.2) is 84.3 Å². The molecule has 0 radical (unpaired) electrons. The highest BCUT2D eigenvalue weighted by Crippen LogP contribution is 2.24. The summed E-state index contributed by atoms with van der Waals surface area (Å²) < 4.78 is 10.8. The number of nitrogens with zero attached hydrogens (tertiary/aromatic N) is 4. The van der Waals surface area contributed by atoms with E-state index >= 15 is 0 Å². The molecule has 7 nitrogen and oxygen atoms in total. The van der Waals surface area contributed by atoms with Crippen molar-refractivity contribution in [3.63, 3.8) is 0 Å². The van der Waals surface area contributed by atoms with Gasteiger partial charge in [-0.2, -0.15) is 0 Å². The van der Waals surface area contributed by atoms with Crippen molar-refractivity contribution in [2.45, 2.75) is 18.6 Å². The number of hydrogen-bond donors (Lipinski definition) is 0. The first kappa shape index (κ1) is 15.3. The van der Waals surface area contributed by atoms with Crippen LogP contribution in [0.4, 0.5) is 0 Å². The Hall–Kier alpha value is -1.57. The van der Waals surface area contributed by atoms with Crippen LogP contribution in [0.1, 0.15) is 16.9 Å². The molecule has 0 spiro atoms. The fraction of sp³-hybridized carbons (Fsp3) is 0.667. The van der Waals surface area contributed by atoms with Crippen molar-refractivity contribution in [2.24, 2.45) is 0 Å². The summed E-state index contributed by atoms with van der Waals surface area (Å²) >= 11 is 0. The van der Waals surface area contributed by atoms with Gasteiger partial charge in [0.15, 0.2) is 0 Å². The highest BCUT2D eigenvalue weighted by Gasteiger charge is 2.38. The van der Waals surface area contributed by atoms with Crippen molar-refractivity contribution < 1.29 is 14.3 Å².